The van der Waals surface area contributed by atoms with E-state index in [0.717, 1.165) is 13.2 Å². The van der Waals surface area contributed by atoms with Gasteiger partial charge in [-0.25, -0.2) is 14.0 Å². The molecule has 1 aromatic carbocycles. The maximum absolute atomic E-state index is 13.7. The number of fused-ring (bicyclic) bond motifs is 1. The third-order valence-electron chi connectivity index (χ3n) is 2.71. The lowest BCUT2D eigenvalue weighted by Gasteiger charge is -2.03. The van der Waals surface area contributed by atoms with E-state index in [1.807, 2.05) is 0 Å². The maximum atomic E-state index is 13.7. The second kappa shape index (κ2) is 4.14. The monoisotopic (exact) mass is 251 g/mol. The van der Waals surface area contributed by atoms with E-state index >= 15 is 0 Å². The molecule has 0 spiro atoms. The smallest absolute Gasteiger partial charge is 0.340 e. The molecule has 0 aliphatic rings. The predicted octanol–water partition coefficient (Wildman–Crippen LogP) is 1.80. The van der Waals surface area contributed by atoms with Gasteiger partial charge in [-0.1, -0.05) is 0 Å². The second-order valence-corrected chi connectivity index (χ2v) is 3.80. The second-order valence-electron chi connectivity index (χ2n) is 3.80. The van der Waals surface area contributed by atoms with Crippen LogP contribution in [0.25, 0.3) is 10.9 Å². The Morgan fingerprint density at radius 1 is 1.33 bits per heavy atom. The van der Waals surface area contributed by atoms with Gasteiger partial charge >= 0.3 is 11.9 Å². The molecule has 0 aliphatic heterocycles. The molecule has 6 heteroatoms. The number of aryl methyl sites for hydroxylation is 1. The van der Waals surface area contributed by atoms with Gasteiger partial charge in [0.25, 0.3) is 0 Å². The number of carboxylic acid groups (broad SMARTS) is 1. The first kappa shape index (κ1) is 12.1. The summed E-state index contributed by atoms with van der Waals surface area (Å²) in [5, 5.41) is 9.23. The molecule has 0 bridgehead atoms. The molecule has 2 aromatic rings. The first-order chi connectivity index (χ1) is 8.45. The summed E-state index contributed by atoms with van der Waals surface area (Å²) in [6.45, 7) is 0. The summed E-state index contributed by atoms with van der Waals surface area (Å²) in [6.07, 6.45) is 1.37. The van der Waals surface area contributed by atoms with Crippen LogP contribution in [-0.4, -0.2) is 28.7 Å². The minimum absolute atomic E-state index is 0.0113. The highest BCUT2D eigenvalue weighted by atomic mass is 19.1. The number of benzene rings is 1. The minimum atomic E-state index is -1.15. The Hall–Kier alpha value is -2.37. The molecular weight excluding hydrogens is 241 g/mol. The number of aromatic carboxylic acids is 1. The van der Waals surface area contributed by atoms with Crippen molar-refractivity contribution in [2.45, 2.75) is 0 Å². The molecule has 1 N–H and O–H groups in total. The summed E-state index contributed by atoms with van der Waals surface area (Å²) in [4.78, 5) is 22.3. The Balaban J connectivity index is 2.77. The summed E-state index contributed by atoms with van der Waals surface area (Å²) < 4.78 is 19.7. The molecule has 0 aliphatic carbocycles. The van der Waals surface area contributed by atoms with Crippen molar-refractivity contribution in [1.82, 2.24) is 4.57 Å². The summed E-state index contributed by atoms with van der Waals surface area (Å²) in [7, 11) is 2.77. The van der Waals surface area contributed by atoms with Gasteiger partial charge < -0.3 is 14.4 Å². The highest BCUT2D eigenvalue weighted by Gasteiger charge is 2.19. The lowest BCUT2D eigenvalue weighted by atomic mass is 10.1. The van der Waals surface area contributed by atoms with Crippen LogP contribution in [0.2, 0.25) is 0 Å². The molecule has 0 amide bonds. The summed E-state index contributed by atoms with van der Waals surface area (Å²) >= 11 is 0. The average molecular weight is 251 g/mol. The molecule has 0 unspecified atom stereocenters. The molecule has 0 atom stereocenters. The largest absolute Gasteiger partial charge is 0.478 e. The van der Waals surface area contributed by atoms with Crippen LogP contribution in [0.15, 0.2) is 18.3 Å². The number of hydrogen-bond acceptors (Lipinski definition) is 3. The summed E-state index contributed by atoms with van der Waals surface area (Å²) in [5.74, 6) is -2.75. The zero-order valence-corrected chi connectivity index (χ0v) is 9.73. The molecule has 0 saturated carbocycles. The van der Waals surface area contributed by atoms with Crippen molar-refractivity contribution in [2.75, 3.05) is 7.11 Å². The summed E-state index contributed by atoms with van der Waals surface area (Å²) in [6, 6.07) is 2.31. The number of esters is 1. The fourth-order valence-electron chi connectivity index (χ4n) is 1.84. The van der Waals surface area contributed by atoms with Crippen LogP contribution in [0.3, 0.4) is 0 Å². The van der Waals surface area contributed by atoms with Crippen molar-refractivity contribution in [1.29, 1.82) is 0 Å². The van der Waals surface area contributed by atoms with E-state index in [-0.39, 0.29) is 16.5 Å². The minimum Gasteiger partial charge on any atom is -0.478 e. The van der Waals surface area contributed by atoms with E-state index in [2.05, 4.69) is 4.74 Å². The molecule has 5 nitrogen and oxygen atoms in total. The standard InChI is InChI=1S/C12H10FNO4/c1-14-5-8(11(15)16)6-3-9(13)7(4-10(6)14)12(17)18-2/h3-5H,1-2H3,(H,15,16). The van der Waals surface area contributed by atoms with Crippen LogP contribution in [0.5, 0.6) is 0 Å². The number of ether oxygens (including phenoxy) is 1. The molecule has 94 valence electrons. The Kier molecular flexibility index (Phi) is 2.78. The maximum Gasteiger partial charge on any atom is 0.340 e. The number of carbonyl (C=O) groups excluding carboxylic acids is 1. The first-order valence-electron chi connectivity index (χ1n) is 5.06. The van der Waals surface area contributed by atoms with Gasteiger partial charge in [0.15, 0.2) is 0 Å². The molecule has 0 fully saturated rings. The highest BCUT2D eigenvalue weighted by Crippen LogP contribution is 2.24. The van der Waals surface area contributed by atoms with Crippen molar-refractivity contribution in [2.24, 2.45) is 7.05 Å². The van der Waals surface area contributed by atoms with Crippen LogP contribution in [0.4, 0.5) is 4.39 Å². The molecule has 0 saturated heterocycles. The number of aromatic nitrogens is 1. The third-order valence-corrected chi connectivity index (χ3v) is 2.71. The molecule has 1 aromatic heterocycles. The van der Waals surface area contributed by atoms with E-state index in [1.165, 1.54) is 16.8 Å². The van der Waals surface area contributed by atoms with Crippen LogP contribution in [0, 0.1) is 5.82 Å². The third kappa shape index (κ3) is 1.71. The van der Waals surface area contributed by atoms with Gasteiger partial charge in [-0.3, -0.25) is 0 Å². The van der Waals surface area contributed by atoms with Crippen LogP contribution in [-0.2, 0) is 11.8 Å². The molecular formula is C12H10FNO4. The quantitative estimate of drug-likeness (QED) is 0.826. The molecule has 1 heterocycles. The van der Waals surface area contributed by atoms with Gasteiger partial charge in [0, 0.05) is 24.1 Å². The van der Waals surface area contributed by atoms with Crippen molar-refractivity contribution < 1.29 is 23.8 Å². The molecule has 2 rings (SSSR count). The number of hydrogen-bond donors (Lipinski definition) is 1. The van der Waals surface area contributed by atoms with Crippen molar-refractivity contribution in [3.8, 4) is 0 Å². The van der Waals surface area contributed by atoms with E-state index < -0.39 is 17.8 Å². The Morgan fingerprint density at radius 3 is 2.56 bits per heavy atom. The Morgan fingerprint density at radius 2 is 2.00 bits per heavy atom. The van der Waals surface area contributed by atoms with Crippen LogP contribution >= 0.6 is 0 Å². The molecule has 0 radical (unpaired) electrons. The number of rotatable bonds is 2. The van der Waals surface area contributed by atoms with E-state index in [0.29, 0.717) is 5.52 Å². The van der Waals surface area contributed by atoms with Gasteiger partial charge in [0.2, 0.25) is 0 Å². The van der Waals surface area contributed by atoms with Gasteiger partial charge in [0.1, 0.15) is 5.82 Å². The topological polar surface area (TPSA) is 68.5 Å². The lowest BCUT2D eigenvalue weighted by molar-refractivity contribution is 0.0595. The van der Waals surface area contributed by atoms with Crippen LogP contribution in [0.1, 0.15) is 20.7 Å². The van der Waals surface area contributed by atoms with E-state index in [1.54, 1.807) is 7.05 Å². The van der Waals surface area contributed by atoms with E-state index in [9.17, 15) is 14.0 Å². The zero-order valence-electron chi connectivity index (χ0n) is 9.73. The Labute approximate surface area is 101 Å². The average Bonchev–Trinajstić information content (AvgIpc) is 2.64. The first-order valence-corrected chi connectivity index (χ1v) is 5.06. The van der Waals surface area contributed by atoms with Crippen molar-refractivity contribution >= 4 is 22.8 Å². The normalized spacial score (nSPS) is 10.6. The fraction of sp³-hybridized carbons (Fsp3) is 0.167. The fourth-order valence-corrected chi connectivity index (χ4v) is 1.84. The zero-order chi connectivity index (χ0) is 13.4. The van der Waals surface area contributed by atoms with Crippen molar-refractivity contribution in [3.63, 3.8) is 0 Å². The number of carboxylic acids is 1. The van der Waals surface area contributed by atoms with Gasteiger partial charge in [-0.15, -0.1) is 0 Å². The number of halogens is 1. The van der Waals surface area contributed by atoms with Gasteiger partial charge in [0.05, 0.1) is 18.2 Å². The lowest BCUT2D eigenvalue weighted by Crippen LogP contribution is -2.05. The van der Waals surface area contributed by atoms with Gasteiger partial charge in [-0.2, -0.15) is 0 Å². The van der Waals surface area contributed by atoms with Crippen LogP contribution < -0.4 is 0 Å². The predicted molar refractivity (Wildman–Crippen MR) is 61.2 cm³/mol. The van der Waals surface area contributed by atoms with Gasteiger partial charge in [-0.05, 0) is 12.1 Å². The molecule has 18 heavy (non-hydrogen) atoms. The highest BCUT2D eigenvalue weighted by molar-refractivity contribution is 6.05. The Bertz CT molecular complexity index is 660. The van der Waals surface area contributed by atoms with Crippen molar-refractivity contribution in [3.05, 3.63) is 35.3 Å². The number of methoxy groups -OCH3 is 1. The SMILES string of the molecule is COC(=O)c1cc2c(cc1F)c(C(=O)O)cn2C. The summed E-state index contributed by atoms with van der Waals surface area (Å²) in [5.41, 5.74) is 0.222. The van der Waals surface area contributed by atoms with E-state index in [4.69, 9.17) is 5.11 Å². The number of nitrogens with zero attached hydrogens (tertiary/aromatic N) is 1. The number of carbonyl (C=O) groups is 2.